The summed E-state index contributed by atoms with van der Waals surface area (Å²) in [5, 5.41) is 0. The van der Waals surface area contributed by atoms with Crippen LogP contribution in [0.1, 0.15) is 38.4 Å². The molecule has 0 amide bonds. The van der Waals surface area contributed by atoms with Crippen LogP contribution in [0.5, 0.6) is 0 Å². The Morgan fingerprint density at radius 2 is 1.92 bits per heavy atom. The smallest absolute Gasteiger partial charge is 0.174 e. The van der Waals surface area contributed by atoms with E-state index in [-0.39, 0.29) is 5.78 Å². The van der Waals surface area contributed by atoms with Crippen molar-refractivity contribution >= 4 is 17.5 Å². The van der Waals surface area contributed by atoms with Crippen molar-refractivity contribution in [2.45, 2.75) is 40.0 Å². The molecule has 0 aliphatic heterocycles. The van der Waals surface area contributed by atoms with Crippen LogP contribution in [-0.4, -0.2) is 29.8 Å². The van der Waals surface area contributed by atoms with E-state index in [1.807, 2.05) is 19.9 Å². The molecule has 1 aromatic heterocycles. The molecule has 0 unspecified atom stereocenters. The van der Waals surface area contributed by atoms with Gasteiger partial charge in [0.05, 0.1) is 12.4 Å². The molecule has 3 nitrogen and oxygen atoms in total. The number of Topliss-reactive ketones (excluding diaryl/α,β-unsaturated/α-hetero) is 1. The van der Waals surface area contributed by atoms with Crippen molar-refractivity contribution in [1.29, 1.82) is 0 Å². The second kappa shape index (κ2) is 8.54. The Bertz CT molecular complexity index is 719. The maximum absolute atomic E-state index is 12.6. The number of carbonyl (C=O) groups is 1. The van der Waals surface area contributed by atoms with Crippen LogP contribution >= 0.6 is 11.8 Å². The number of nitrogens with zero attached hydrogens (tertiary/aromatic N) is 1. The fourth-order valence-corrected chi connectivity index (χ4v) is 3.87. The van der Waals surface area contributed by atoms with Crippen molar-refractivity contribution in [2.75, 3.05) is 19.5 Å². The molecule has 0 aliphatic carbocycles. The van der Waals surface area contributed by atoms with Gasteiger partial charge in [0, 0.05) is 36.4 Å². The SMILES string of the molecule is COCCn1c(C)cc(C(=O)CSCc2cc(C)ccc2C)c1C. The normalized spacial score (nSPS) is 11.0. The topological polar surface area (TPSA) is 31.2 Å². The molecule has 0 atom stereocenters. The van der Waals surface area contributed by atoms with Crippen LogP contribution in [0, 0.1) is 27.7 Å². The number of rotatable bonds is 8. The van der Waals surface area contributed by atoms with Gasteiger partial charge in [0.2, 0.25) is 0 Å². The van der Waals surface area contributed by atoms with E-state index in [9.17, 15) is 4.79 Å². The Labute approximate surface area is 149 Å². The average Bonchev–Trinajstić information content (AvgIpc) is 2.83. The first-order chi connectivity index (χ1) is 11.4. The van der Waals surface area contributed by atoms with E-state index >= 15 is 0 Å². The fourth-order valence-electron chi connectivity index (χ4n) is 2.90. The Hall–Kier alpha value is -1.52. The molecule has 130 valence electrons. The lowest BCUT2D eigenvalue weighted by atomic mass is 10.1. The second-order valence-electron chi connectivity index (χ2n) is 6.28. The summed E-state index contributed by atoms with van der Waals surface area (Å²) >= 11 is 1.69. The zero-order valence-corrected chi connectivity index (χ0v) is 16.1. The number of thioether (sulfide) groups is 1. The van der Waals surface area contributed by atoms with Crippen LogP contribution < -0.4 is 0 Å². The van der Waals surface area contributed by atoms with Gasteiger partial charge in [-0.05, 0) is 44.9 Å². The molecule has 0 saturated carbocycles. The Morgan fingerprint density at radius 1 is 1.17 bits per heavy atom. The van der Waals surface area contributed by atoms with Gasteiger partial charge in [0.1, 0.15) is 0 Å². The molecule has 0 saturated heterocycles. The largest absolute Gasteiger partial charge is 0.383 e. The fraction of sp³-hybridized carbons (Fsp3) is 0.450. The van der Waals surface area contributed by atoms with Crippen LogP contribution in [0.15, 0.2) is 24.3 Å². The minimum absolute atomic E-state index is 0.210. The molecule has 2 rings (SSSR count). The molecule has 0 fully saturated rings. The highest BCUT2D eigenvalue weighted by Gasteiger charge is 2.15. The van der Waals surface area contributed by atoms with E-state index < -0.39 is 0 Å². The number of benzene rings is 1. The first-order valence-corrected chi connectivity index (χ1v) is 9.42. The molecule has 0 bridgehead atoms. The van der Waals surface area contributed by atoms with Gasteiger partial charge in [0.15, 0.2) is 5.78 Å². The maximum Gasteiger partial charge on any atom is 0.174 e. The van der Waals surface area contributed by atoms with Gasteiger partial charge >= 0.3 is 0 Å². The first-order valence-electron chi connectivity index (χ1n) is 8.26. The van der Waals surface area contributed by atoms with Crippen LogP contribution in [0.3, 0.4) is 0 Å². The lowest BCUT2D eigenvalue weighted by molar-refractivity contribution is 0.102. The Kier molecular flexibility index (Phi) is 6.69. The summed E-state index contributed by atoms with van der Waals surface area (Å²) in [5.74, 6) is 1.60. The van der Waals surface area contributed by atoms with Crippen LogP contribution in [0.2, 0.25) is 0 Å². The van der Waals surface area contributed by atoms with Crippen molar-refractivity contribution in [1.82, 2.24) is 4.57 Å². The van der Waals surface area contributed by atoms with Crippen molar-refractivity contribution in [3.8, 4) is 0 Å². The summed E-state index contributed by atoms with van der Waals surface area (Å²) in [6.45, 7) is 9.74. The molecule has 2 aromatic rings. The average molecular weight is 346 g/mol. The van der Waals surface area contributed by atoms with Crippen LogP contribution in [0.25, 0.3) is 0 Å². The molecule has 4 heteroatoms. The van der Waals surface area contributed by atoms with Gasteiger partial charge in [-0.25, -0.2) is 0 Å². The molecule has 24 heavy (non-hydrogen) atoms. The lowest BCUT2D eigenvalue weighted by Crippen LogP contribution is -2.09. The molecule has 0 N–H and O–H groups in total. The molecule has 0 spiro atoms. The van der Waals surface area contributed by atoms with Gasteiger partial charge < -0.3 is 9.30 Å². The summed E-state index contributed by atoms with van der Waals surface area (Å²) < 4.78 is 7.31. The minimum atomic E-state index is 0.210. The Balaban J connectivity index is 1.99. The van der Waals surface area contributed by atoms with Crippen molar-refractivity contribution in [3.63, 3.8) is 0 Å². The molecule has 0 aliphatic rings. The number of aromatic nitrogens is 1. The van der Waals surface area contributed by atoms with Crippen molar-refractivity contribution < 1.29 is 9.53 Å². The highest BCUT2D eigenvalue weighted by molar-refractivity contribution is 7.99. The number of hydrogen-bond acceptors (Lipinski definition) is 3. The molecule has 0 radical (unpaired) electrons. The quantitative estimate of drug-likeness (QED) is 0.661. The van der Waals surface area contributed by atoms with Gasteiger partial charge in [-0.2, -0.15) is 0 Å². The summed E-state index contributed by atoms with van der Waals surface area (Å²) in [7, 11) is 1.70. The standard InChI is InChI=1S/C20H27NO2S/c1-14-6-7-15(2)18(10-14)12-24-13-20(22)19-11-16(3)21(17(19)4)8-9-23-5/h6-7,10-11H,8-9,12-13H2,1-5H3. The lowest BCUT2D eigenvalue weighted by Gasteiger charge is -2.09. The van der Waals surface area contributed by atoms with E-state index in [2.05, 4.69) is 36.6 Å². The van der Waals surface area contributed by atoms with Crippen molar-refractivity contribution in [2.24, 2.45) is 0 Å². The second-order valence-corrected chi connectivity index (χ2v) is 7.26. The molecular formula is C20H27NO2S. The van der Waals surface area contributed by atoms with Crippen LogP contribution in [-0.2, 0) is 17.0 Å². The van der Waals surface area contributed by atoms with Crippen LogP contribution in [0.4, 0.5) is 0 Å². The number of carbonyl (C=O) groups excluding carboxylic acids is 1. The summed E-state index contributed by atoms with van der Waals surface area (Å²) in [6.07, 6.45) is 0. The first kappa shape index (κ1) is 18.8. The zero-order chi connectivity index (χ0) is 17.7. The number of methoxy groups -OCH3 is 1. The third-order valence-corrected chi connectivity index (χ3v) is 5.37. The zero-order valence-electron chi connectivity index (χ0n) is 15.3. The molecular weight excluding hydrogens is 318 g/mol. The third-order valence-electron chi connectivity index (χ3n) is 4.39. The highest BCUT2D eigenvalue weighted by Crippen LogP contribution is 2.21. The number of hydrogen-bond donors (Lipinski definition) is 0. The monoisotopic (exact) mass is 345 g/mol. The van der Waals surface area contributed by atoms with Crippen molar-refractivity contribution in [3.05, 3.63) is 57.9 Å². The summed E-state index contributed by atoms with van der Waals surface area (Å²) in [4.78, 5) is 12.6. The number of aryl methyl sites for hydroxylation is 3. The van der Waals surface area contributed by atoms with E-state index in [4.69, 9.17) is 4.74 Å². The molecule has 1 aromatic carbocycles. The highest BCUT2D eigenvalue weighted by atomic mass is 32.2. The van der Waals surface area contributed by atoms with E-state index in [1.54, 1.807) is 18.9 Å². The number of ketones is 1. The minimum Gasteiger partial charge on any atom is -0.383 e. The van der Waals surface area contributed by atoms with E-state index in [1.165, 1.54) is 16.7 Å². The Morgan fingerprint density at radius 3 is 2.62 bits per heavy atom. The predicted octanol–water partition coefficient (Wildman–Crippen LogP) is 4.48. The summed E-state index contributed by atoms with van der Waals surface area (Å²) in [5.41, 5.74) is 6.88. The van der Waals surface area contributed by atoms with E-state index in [0.29, 0.717) is 12.4 Å². The summed E-state index contributed by atoms with van der Waals surface area (Å²) in [6, 6.07) is 8.50. The van der Waals surface area contributed by atoms with Gasteiger partial charge in [-0.1, -0.05) is 23.8 Å². The molecule has 1 heterocycles. The van der Waals surface area contributed by atoms with Gasteiger partial charge in [-0.3, -0.25) is 4.79 Å². The van der Waals surface area contributed by atoms with E-state index in [0.717, 1.165) is 29.2 Å². The van der Waals surface area contributed by atoms with Gasteiger partial charge in [0.25, 0.3) is 0 Å². The third kappa shape index (κ3) is 4.52. The van der Waals surface area contributed by atoms with Gasteiger partial charge in [-0.15, -0.1) is 11.8 Å². The maximum atomic E-state index is 12.6. The number of ether oxygens (including phenoxy) is 1. The predicted molar refractivity (Wildman–Crippen MR) is 102 cm³/mol.